The minimum absolute atomic E-state index is 0.606. The van der Waals surface area contributed by atoms with E-state index in [2.05, 4.69) is 51.5 Å². The van der Waals surface area contributed by atoms with Crippen molar-refractivity contribution in [3.8, 4) is 11.3 Å². The van der Waals surface area contributed by atoms with Crippen LogP contribution in [0.25, 0.3) is 11.3 Å². The van der Waals surface area contributed by atoms with E-state index in [1.165, 1.54) is 37.2 Å². The second-order valence-electron chi connectivity index (χ2n) is 5.26. The van der Waals surface area contributed by atoms with E-state index >= 15 is 0 Å². The summed E-state index contributed by atoms with van der Waals surface area (Å²) in [5.74, 6) is 0. The van der Waals surface area contributed by atoms with E-state index in [9.17, 15) is 0 Å². The molecule has 1 saturated heterocycles. The molecule has 1 aliphatic heterocycles. The first-order valence-electron chi connectivity index (χ1n) is 6.85. The average molecular weight is 256 g/mol. The Morgan fingerprint density at radius 3 is 2.58 bits per heavy atom. The number of likely N-dealkylation sites (tertiary alicyclic amines) is 1. The fraction of sp³-hybridized carbons (Fsp3) is 0.400. The lowest BCUT2D eigenvalue weighted by Crippen LogP contribution is -2.36. The van der Waals surface area contributed by atoms with E-state index in [0.29, 0.717) is 6.04 Å². The smallest absolute Gasteiger partial charge is 0.0924 e. The van der Waals surface area contributed by atoms with Crippen molar-refractivity contribution in [1.29, 1.82) is 0 Å². The standard InChI is InChI=1S/C15H20N4/c1-19-8-6-14(7-9-19)18-13-4-2-12(3-5-13)15-10-16-11-17-15/h2-5,10-11,14,18H,6-9H2,1H3,(H,16,17). The third-order valence-electron chi connectivity index (χ3n) is 3.78. The summed E-state index contributed by atoms with van der Waals surface area (Å²) < 4.78 is 0. The summed E-state index contributed by atoms with van der Waals surface area (Å²) in [6.45, 7) is 2.37. The first kappa shape index (κ1) is 12.2. The van der Waals surface area contributed by atoms with Crippen molar-refractivity contribution in [3.05, 3.63) is 36.8 Å². The molecule has 0 spiro atoms. The lowest BCUT2D eigenvalue weighted by molar-refractivity contribution is 0.264. The monoisotopic (exact) mass is 256 g/mol. The highest BCUT2D eigenvalue weighted by Crippen LogP contribution is 2.21. The van der Waals surface area contributed by atoms with Crippen LogP contribution in [0.15, 0.2) is 36.8 Å². The third kappa shape index (κ3) is 2.96. The molecule has 100 valence electrons. The number of aromatic nitrogens is 2. The van der Waals surface area contributed by atoms with Gasteiger partial charge in [0.25, 0.3) is 0 Å². The van der Waals surface area contributed by atoms with E-state index in [0.717, 1.165) is 5.69 Å². The van der Waals surface area contributed by atoms with Gasteiger partial charge in [0, 0.05) is 11.7 Å². The van der Waals surface area contributed by atoms with Gasteiger partial charge in [-0.15, -0.1) is 0 Å². The molecule has 1 aliphatic rings. The second kappa shape index (κ2) is 5.45. The van der Waals surface area contributed by atoms with Crippen LogP contribution in [-0.2, 0) is 0 Å². The van der Waals surface area contributed by atoms with Crippen LogP contribution in [0.5, 0.6) is 0 Å². The number of aromatic amines is 1. The van der Waals surface area contributed by atoms with Crippen molar-refractivity contribution in [2.45, 2.75) is 18.9 Å². The molecule has 0 radical (unpaired) electrons. The molecule has 0 saturated carbocycles. The van der Waals surface area contributed by atoms with Crippen molar-refractivity contribution in [1.82, 2.24) is 14.9 Å². The van der Waals surface area contributed by atoms with Crippen LogP contribution >= 0.6 is 0 Å². The molecule has 1 aromatic heterocycles. The van der Waals surface area contributed by atoms with Crippen LogP contribution in [0.1, 0.15) is 12.8 Å². The van der Waals surface area contributed by atoms with E-state index in [-0.39, 0.29) is 0 Å². The predicted octanol–water partition coefficient (Wildman–Crippen LogP) is 2.58. The summed E-state index contributed by atoms with van der Waals surface area (Å²) in [4.78, 5) is 9.56. The van der Waals surface area contributed by atoms with Crippen molar-refractivity contribution in [2.75, 3.05) is 25.5 Å². The van der Waals surface area contributed by atoms with Gasteiger partial charge < -0.3 is 15.2 Å². The summed E-state index contributed by atoms with van der Waals surface area (Å²) in [7, 11) is 2.19. The number of nitrogens with zero attached hydrogens (tertiary/aromatic N) is 2. The van der Waals surface area contributed by atoms with Gasteiger partial charge in [-0.2, -0.15) is 0 Å². The highest BCUT2D eigenvalue weighted by atomic mass is 15.1. The van der Waals surface area contributed by atoms with Crippen LogP contribution < -0.4 is 5.32 Å². The Morgan fingerprint density at radius 1 is 1.21 bits per heavy atom. The van der Waals surface area contributed by atoms with E-state index in [1.54, 1.807) is 6.33 Å². The maximum absolute atomic E-state index is 4.05. The van der Waals surface area contributed by atoms with Crippen molar-refractivity contribution >= 4 is 5.69 Å². The number of imidazole rings is 1. The van der Waals surface area contributed by atoms with Gasteiger partial charge in [-0.1, -0.05) is 12.1 Å². The highest BCUT2D eigenvalue weighted by Gasteiger charge is 2.15. The Labute approximate surface area is 113 Å². The summed E-state index contributed by atoms with van der Waals surface area (Å²) >= 11 is 0. The van der Waals surface area contributed by atoms with Crippen LogP contribution in [0.4, 0.5) is 5.69 Å². The zero-order valence-corrected chi connectivity index (χ0v) is 11.3. The summed E-state index contributed by atoms with van der Waals surface area (Å²) in [5, 5.41) is 3.62. The molecule has 2 N–H and O–H groups in total. The Balaban J connectivity index is 1.63. The number of hydrogen-bond donors (Lipinski definition) is 2. The first-order valence-corrected chi connectivity index (χ1v) is 6.85. The van der Waals surface area contributed by atoms with E-state index in [1.807, 2.05) is 6.20 Å². The number of nitrogens with one attached hydrogen (secondary N) is 2. The van der Waals surface area contributed by atoms with Crippen molar-refractivity contribution < 1.29 is 0 Å². The lowest BCUT2D eigenvalue weighted by atomic mass is 10.0. The molecule has 2 aromatic rings. The molecule has 4 nitrogen and oxygen atoms in total. The number of rotatable bonds is 3. The Kier molecular flexibility index (Phi) is 3.51. The van der Waals surface area contributed by atoms with Crippen LogP contribution in [0.2, 0.25) is 0 Å². The largest absolute Gasteiger partial charge is 0.382 e. The van der Waals surface area contributed by atoms with Crippen LogP contribution in [0, 0.1) is 0 Å². The molecule has 0 aliphatic carbocycles. The zero-order chi connectivity index (χ0) is 13.1. The number of benzene rings is 1. The highest BCUT2D eigenvalue weighted by molar-refractivity contribution is 5.62. The van der Waals surface area contributed by atoms with Gasteiger partial charge in [-0.05, 0) is 50.7 Å². The van der Waals surface area contributed by atoms with E-state index < -0.39 is 0 Å². The fourth-order valence-electron chi connectivity index (χ4n) is 2.55. The summed E-state index contributed by atoms with van der Waals surface area (Å²) in [5.41, 5.74) is 3.44. The molecule has 1 fully saturated rings. The molecular weight excluding hydrogens is 236 g/mol. The molecule has 0 bridgehead atoms. The first-order chi connectivity index (χ1) is 9.31. The van der Waals surface area contributed by atoms with Crippen LogP contribution in [-0.4, -0.2) is 41.0 Å². The average Bonchev–Trinajstić information content (AvgIpc) is 2.96. The fourth-order valence-corrected chi connectivity index (χ4v) is 2.55. The van der Waals surface area contributed by atoms with Gasteiger partial charge in [-0.25, -0.2) is 4.98 Å². The molecular formula is C15H20N4. The topological polar surface area (TPSA) is 44.0 Å². The summed E-state index contributed by atoms with van der Waals surface area (Å²) in [6.07, 6.45) is 6.00. The van der Waals surface area contributed by atoms with Gasteiger partial charge >= 0.3 is 0 Å². The minimum atomic E-state index is 0.606. The Hall–Kier alpha value is -1.81. The maximum atomic E-state index is 4.05. The molecule has 3 rings (SSSR count). The second-order valence-corrected chi connectivity index (χ2v) is 5.26. The van der Waals surface area contributed by atoms with Crippen molar-refractivity contribution in [2.24, 2.45) is 0 Å². The van der Waals surface area contributed by atoms with Gasteiger partial charge in [0.05, 0.1) is 18.2 Å². The third-order valence-corrected chi connectivity index (χ3v) is 3.78. The normalized spacial score (nSPS) is 17.5. The zero-order valence-electron chi connectivity index (χ0n) is 11.3. The number of anilines is 1. The lowest BCUT2D eigenvalue weighted by Gasteiger charge is -2.30. The molecule has 0 atom stereocenters. The molecule has 1 aromatic carbocycles. The number of H-pyrrole nitrogens is 1. The molecule has 2 heterocycles. The van der Waals surface area contributed by atoms with Gasteiger partial charge in [0.15, 0.2) is 0 Å². The molecule has 4 heteroatoms. The quantitative estimate of drug-likeness (QED) is 0.887. The summed E-state index contributed by atoms with van der Waals surface area (Å²) in [6, 6.07) is 9.16. The van der Waals surface area contributed by atoms with E-state index in [4.69, 9.17) is 0 Å². The predicted molar refractivity (Wildman–Crippen MR) is 78.2 cm³/mol. The van der Waals surface area contributed by atoms with Crippen molar-refractivity contribution in [3.63, 3.8) is 0 Å². The molecule has 19 heavy (non-hydrogen) atoms. The van der Waals surface area contributed by atoms with Gasteiger partial charge in [0.2, 0.25) is 0 Å². The molecule has 0 amide bonds. The van der Waals surface area contributed by atoms with Gasteiger partial charge in [0.1, 0.15) is 0 Å². The SMILES string of the molecule is CN1CCC(Nc2ccc(-c3cnc[nH]3)cc2)CC1. The Morgan fingerprint density at radius 2 is 1.95 bits per heavy atom. The Bertz CT molecular complexity index is 495. The van der Waals surface area contributed by atoms with Gasteiger partial charge in [-0.3, -0.25) is 0 Å². The number of piperidine rings is 1. The maximum Gasteiger partial charge on any atom is 0.0924 e. The minimum Gasteiger partial charge on any atom is -0.382 e. The van der Waals surface area contributed by atoms with Crippen LogP contribution in [0.3, 0.4) is 0 Å². The molecule has 0 unspecified atom stereocenters. The number of hydrogen-bond acceptors (Lipinski definition) is 3.